The second kappa shape index (κ2) is 2.90. The van der Waals surface area contributed by atoms with Crippen molar-refractivity contribution in [2.45, 2.75) is 26.4 Å². The van der Waals surface area contributed by atoms with Crippen molar-refractivity contribution in [2.75, 3.05) is 13.1 Å². The summed E-state index contributed by atoms with van der Waals surface area (Å²) in [6.07, 6.45) is 0.893. The van der Waals surface area contributed by atoms with E-state index in [2.05, 4.69) is 0 Å². The van der Waals surface area contributed by atoms with Gasteiger partial charge in [-0.3, -0.25) is 0 Å². The number of likely N-dealkylation sites (N-methyl/N-ethyl adjacent to an activating group) is 1. The lowest BCUT2D eigenvalue weighted by molar-refractivity contribution is 0.131. The molecule has 1 heterocycles. The van der Waals surface area contributed by atoms with Crippen LogP contribution in [0.4, 0.5) is 4.79 Å². The van der Waals surface area contributed by atoms with Crippen LogP contribution in [0.3, 0.4) is 0 Å². The van der Waals surface area contributed by atoms with Crippen LogP contribution < -0.4 is 0 Å². The van der Waals surface area contributed by atoms with Gasteiger partial charge in [0.1, 0.15) is 6.10 Å². The van der Waals surface area contributed by atoms with Gasteiger partial charge in [0.05, 0.1) is 6.54 Å². The van der Waals surface area contributed by atoms with Crippen molar-refractivity contribution >= 4 is 6.09 Å². The Labute approximate surface area is 61.0 Å². The van der Waals surface area contributed by atoms with E-state index in [1.807, 2.05) is 13.8 Å². The van der Waals surface area contributed by atoms with Gasteiger partial charge in [0, 0.05) is 6.54 Å². The first-order chi connectivity index (χ1) is 4.77. The number of rotatable bonds is 2. The standard InChI is InChI=1S/C7H13NO2/c1-3-6-5-8(4-2)7(9)10-6/h6H,3-5H2,1-2H3/t6-/m0/s1. The number of hydrogen-bond acceptors (Lipinski definition) is 2. The van der Waals surface area contributed by atoms with Crippen molar-refractivity contribution < 1.29 is 9.53 Å². The third-order valence-electron chi connectivity index (χ3n) is 1.79. The number of nitrogens with zero attached hydrogens (tertiary/aromatic N) is 1. The van der Waals surface area contributed by atoms with Crippen LogP contribution >= 0.6 is 0 Å². The molecule has 1 rings (SSSR count). The van der Waals surface area contributed by atoms with E-state index in [4.69, 9.17) is 4.74 Å². The van der Waals surface area contributed by atoms with Gasteiger partial charge in [-0.25, -0.2) is 4.79 Å². The van der Waals surface area contributed by atoms with Gasteiger partial charge >= 0.3 is 6.09 Å². The molecule has 1 saturated heterocycles. The minimum Gasteiger partial charge on any atom is -0.444 e. The third-order valence-corrected chi connectivity index (χ3v) is 1.79. The number of amides is 1. The molecule has 3 nitrogen and oxygen atoms in total. The molecule has 10 heavy (non-hydrogen) atoms. The minimum absolute atomic E-state index is 0.132. The number of ether oxygens (including phenoxy) is 1. The predicted molar refractivity (Wildman–Crippen MR) is 37.8 cm³/mol. The van der Waals surface area contributed by atoms with Crippen molar-refractivity contribution in [1.82, 2.24) is 4.90 Å². The lowest BCUT2D eigenvalue weighted by Gasteiger charge is -2.06. The SMILES string of the molecule is CC[C@H]1CN(CC)C(=O)O1. The molecule has 0 aliphatic carbocycles. The molecule has 1 aliphatic heterocycles. The first-order valence-corrected chi connectivity index (χ1v) is 3.73. The summed E-state index contributed by atoms with van der Waals surface area (Å²) in [6, 6.07) is 0. The molecule has 0 spiro atoms. The molecule has 1 atom stereocenters. The fourth-order valence-electron chi connectivity index (χ4n) is 1.05. The van der Waals surface area contributed by atoms with Crippen molar-refractivity contribution in [3.05, 3.63) is 0 Å². The Morgan fingerprint density at radius 2 is 2.40 bits per heavy atom. The Balaban J connectivity index is 2.44. The molecule has 1 amide bonds. The second-order valence-corrected chi connectivity index (χ2v) is 2.45. The van der Waals surface area contributed by atoms with Crippen molar-refractivity contribution in [3.63, 3.8) is 0 Å². The van der Waals surface area contributed by atoms with E-state index < -0.39 is 0 Å². The van der Waals surface area contributed by atoms with Crippen LogP contribution in [0.25, 0.3) is 0 Å². The van der Waals surface area contributed by atoms with Crippen LogP contribution in [0, 0.1) is 0 Å². The van der Waals surface area contributed by atoms with Crippen LogP contribution in [0.15, 0.2) is 0 Å². The molecule has 0 bridgehead atoms. The summed E-state index contributed by atoms with van der Waals surface area (Å²) in [7, 11) is 0. The average molecular weight is 143 g/mol. The van der Waals surface area contributed by atoms with Gasteiger partial charge in [-0.05, 0) is 13.3 Å². The van der Waals surface area contributed by atoms with E-state index in [0.717, 1.165) is 19.5 Å². The van der Waals surface area contributed by atoms with Crippen molar-refractivity contribution in [3.8, 4) is 0 Å². The maximum atomic E-state index is 10.9. The molecule has 1 fully saturated rings. The zero-order chi connectivity index (χ0) is 7.56. The van der Waals surface area contributed by atoms with Gasteiger partial charge in [0.2, 0.25) is 0 Å². The summed E-state index contributed by atoms with van der Waals surface area (Å²) in [5.41, 5.74) is 0. The van der Waals surface area contributed by atoms with Gasteiger partial charge < -0.3 is 9.64 Å². The Kier molecular flexibility index (Phi) is 2.14. The first kappa shape index (κ1) is 7.38. The van der Waals surface area contributed by atoms with Gasteiger partial charge in [0.25, 0.3) is 0 Å². The zero-order valence-electron chi connectivity index (χ0n) is 6.46. The highest BCUT2D eigenvalue weighted by Gasteiger charge is 2.27. The van der Waals surface area contributed by atoms with E-state index >= 15 is 0 Å². The minimum atomic E-state index is -0.158. The number of carbonyl (C=O) groups excluding carboxylic acids is 1. The molecular weight excluding hydrogens is 130 g/mol. The fraction of sp³-hybridized carbons (Fsp3) is 0.857. The van der Waals surface area contributed by atoms with Crippen LogP contribution in [-0.4, -0.2) is 30.2 Å². The van der Waals surface area contributed by atoms with Gasteiger partial charge in [-0.2, -0.15) is 0 Å². The molecule has 0 unspecified atom stereocenters. The van der Waals surface area contributed by atoms with Crippen LogP contribution in [0.1, 0.15) is 20.3 Å². The second-order valence-electron chi connectivity index (χ2n) is 2.45. The number of cyclic esters (lactones) is 1. The highest BCUT2D eigenvalue weighted by atomic mass is 16.6. The molecule has 1 aliphatic rings. The quantitative estimate of drug-likeness (QED) is 0.582. The highest BCUT2D eigenvalue weighted by molar-refractivity contribution is 5.69. The molecule has 0 saturated carbocycles. The summed E-state index contributed by atoms with van der Waals surface area (Å²) >= 11 is 0. The third kappa shape index (κ3) is 1.23. The van der Waals surface area contributed by atoms with E-state index in [1.54, 1.807) is 4.90 Å². The molecule has 58 valence electrons. The van der Waals surface area contributed by atoms with E-state index in [9.17, 15) is 4.79 Å². The topological polar surface area (TPSA) is 29.5 Å². The average Bonchev–Trinajstić information content (AvgIpc) is 2.30. The maximum Gasteiger partial charge on any atom is 0.410 e. The van der Waals surface area contributed by atoms with Crippen LogP contribution in [0.2, 0.25) is 0 Å². The summed E-state index contributed by atoms with van der Waals surface area (Å²) in [5.74, 6) is 0. The van der Waals surface area contributed by atoms with E-state index in [0.29, 0.717) is 0 Å². The monoisotopic (exact) mass is 143 g/mol. The maximum absolute atomic E-state index is 10.9. The highest BCUT2D eigenvalue weighted by Crippen LogP contribution is 2.12. The summed E-state index contributed by atoms with van der Waals surface area (Å²) in [5, 5.41) is 0. The molecule has 0 N–H and O–H groups in total. The Morgan fingerprint density at radius 1 is 1.70 bits per heavy atom. The number of carbonyl (C=O) groups is 1. The summed E-state index contributed by atoms with van der Waals surface area (Å²) in [4.78, 5) is 12.6. The normalized spacial score (nSPS) is 25.2. The van der Waals surface area contributed by atoms with Crippen LogP contribution in [0.5, 0.6) is 0 Å². The van der Waals surface area contributed by atoms with E-state index in [1.165, 1.54) is 0 Å². The predicted octanol–water partition coefficient (Wildman–Crippen LogP) is 1.24. The molecule has 0 radical (unpaired) electrons. The Bertz CT molecular complexity index is 136. The fourth-order valence-corrected chi connectivity index (χ4v) is 1.05. The largest absolute Gasteiger partial charge is 0.444 e. The molecule has 0 aromatic heterocycles. The van der Waals surface area contributed by atoms with Gasteiger partial charge in [0.15, 0.2) is 0 Å². The van der Waals surface area contributed by atoms with E-state index in [-0.39, 0.29) is 12.2 Å². The Morgan fingerprint density at radius 3 is 2.70 bits per heavy atom. The van der Waals surface area contributed by atoms with Crippen molar-refractivity contribution in [2.24, 2.45) is 0 Å². The van der Waals surface area contributed by atoms with Gasteiger partial charge in [-0.15, -0.1) is 0 Å². The lowest BCUT2D eigenvalue weighted by Crippen LogP contribution is -2.24. The summed E-state index contributed by atoms with van der Waals surface area (Å²) in [6.45, 7) is 5.51. The lowest BCUT2D eigenvalue weighted by atomic mass is 10.3. The van der Waals surface area contributed by atoms with Crippen molar-refractivity contribution in [1.29, 1.82) is 0 Å². The summed E-state index contributed by atoms with van der Waals surface area (Å²) < 4.78 is 5.00. The Hall–Kier alpha value is -0.730. The van der Waals surface area contributed by atoms with Gasteiger partial charge in [-0.1, -0.05) is 6.92 Å². The first-order valence-electron chi connectivity index (χ1n) is 3.73. The van der Waals surface area contributed by atoms with Crippen LogP contribution in [-0.2, 0) is 4.74 Å². The zero-order valence-corrected chi connectivity index (χ0v) is 6.46. The smallest absolute Gasteiger partial charge is 0.410 e. The molecule has 0 aromatic carbocycles. The molecule has 3 heteroatoms. The number of hydrogen-bond donors (Lipinski definition) is 0. The molecular formula is C7H13NO2. The molecule has 0 aromatic rings.